The van der Waals surface area contributed by atoms with Crippen molar-refractivity contribution in [3.63, 3.8) is 0 Å². The van der Waals surface area contributed by atoms with E-state index in [0.29, 0.717) is 20.3 Å². The first kappa shape index (κ1) is 20.5. The van der Waals surface area contributed by atoms with Gasteiger partial charge >= 0.3 is 0 Å². The Morgan fingerprint density at radius 3 is 2.97 bits per heavy atom. The van der Waals surface area contributed by atoms with Crippen LogP contribution >= 0.6 is 33.9 Å². The number of benzene rings is 1. The van der Waals surface area contributed by atoms with E-state index in [-0.39, 0.29) is 5.03 Å². The molecule has 1 unspecified atom stereocenters. The summed E-state index contributed by atoms with van der Waals surface area (Å²) in [4.78, 5) is 7.44. The number of likely N-dealkylation sites (tertiary alicyclic amines) is 1. The minimum Gasteiger partial charge on any atom is -0.306 e. The lowest BCUT2D eigenvalue weighted by molar-refractivity contribution is 0.242. The number of piperidine rings is 1. The summed E-state index contributed by atoms with van der Waals surface area (Å²) in [6.07, 6.45) is 5.09. The molecule has 1 aliphatic carbocycles. The number of halogens is 1. The van der Waals surface area contributed by atoms with Crippen molar-refractivity contribution in [1.82, 2.24) is 14.3 Å². The summed E-state index contributed by atoms with van der Waals surface area (Å²) in [6, 6.07) is 5.96. The van der Waals surface area contributed by atoms with Crippen LogP contribution in [0.25, 0.3) is 10.5 Å². The van der Waals surface area contributed by atoms with Gasteiger partial charge in [-0.25, -0.2) is 4.98 Å². The summed E-state index contributed by atoms with van der Waals surface area (Å²) in [5.41, 5.74) is 5.92. The molecule has 30 heavy (non-hydrogen) atoms. The number of hydrogen-bond acceptors (Lipinski definition) is 5. The van der Waals surface area contributed by atoms with Crippen LogP contribution in [-0.2, 0) is 16.4 Å². The van der Waals surface area contributed by atoms with Crippen LogP contribution in [0.15, 0.2) is 40.4 Å². The molecule has 0 amide bonds. The molecular weight excluding hydrogens is 531 g/mol. The lowest BCUT2D eigenvalue weighted by Gasteiger charge is -2.31. The third-order valence-corrected chi connectivity index (χ3v) is 9.31. The SMILES string of the molecule is CC1=C(C2CCCN(C)C2)c2cc(NS(=O)(=O)c3c(I)nc4sccn34)ccc2C1. The first-order chi connectivity index (χ1) is 14.3. The molecule has 1 N–H and O–H groups in total. The van der Waals surface area contributed by atoms with Crippen molar-refractivity contribution in [2.45, 2.75) is 31.2 Å². The summed E-state index contributed by atoms with van der Waals surface area (Å²) in [7, 11) is -1.57. The molecule has 1 saturated heterocycles. The maximum atomic E-state index is 13.2. The highest BCUT2D eigenvalue weighted by Gasteiger charge is 2.30. The van der Waals surface area contributed by atoms with Crippen LogP contribution in [0.4, 0.5) is 5.69 Å². The Bertz CT molecular complexity index is 1280. The number of anilines is 1. The van der Waals surface area contributed by atoms with Gasteiger partial charge in [-0.15, -0.1) is 11.3 Å². The topological polar surface area (TPSA) is 66.7 Å². The molecule has 3 heterocycles. The molecule has 2 aliphatic rings. The molecule has 5 rings (SSSR count). The summed E-state index contributed by atoms with van der Waals surface area (Å²) in [5, 5.41) is 2.04. The summed E-state index contributed by atoms with van der Waals surface area (Å²) in [6.45, 7) is 4.43. The molecule has 0 bridgehead atoms. The highest BCUT2D eigenvalue weighted by Crippen LogP contribution is 2.42. The number of fused-ring (bicyclic) bond motifs is 2. The number of imidazole rings is 1. The van der Waals surface area contributed by atoms with E-state index in [2.05, 4.69) is 34.6 Å². The zero-order chi connectivity index (χ0) is 21.0. The number of rotatable bonds is 4. The lowest BCUT2D eigenvalue weighted by Crippen LogP contribution is -2.32. The van der Waals surface area contributed by atoms with Gasteiger partial charge in [-0.05, 0) is 97.1 Å². The fraction of sp³-hybridized carbons (Fsp3) is 0.381. The van der Waals surface area contributed by atoms with E-state index in [1.165, 1.54) is 46.5 Å². The molecule has 3 aromatic rings. The average Bonchev–Trinajstić information content (AvgIpc) is 3.32. The Kier molecular flexibility index (Phi) is 5.19. The van der Waals surface area contributed by atoms with Crippen LogP contribution < -0.4 is 4.72 Å². The number of allylic oxidation sites excluding steroid dienone is 1. The Hall–Kier alpha value is -1.43. The molecule has 0 radical (unpaired) electrons. The van der Waals surface area contributed by atoms with E-state index in [1.54, 1.807) is 10.6 Å². The van der Waals surface area contributed by atoms with Gasteiger partial charge in [-0.1, -0.05) is 11.6 Å². The molecule has 1 aliphatic heterocycles. The van der Waals surface area contributed by atoms with Crippen LogP contribution in [0.2, 0.25) is 0 Å². The number of sulfonamides is 1. The van der Waals surface area contributed by atoms with Crippen LogP contribution in [-0.4, -0.2) is 42.8 Å². The predicted molar refractivity (Wildman–Crippen MR) is 130 cm³/mol. The predicted octanol–water partition coefficient (Wildman–Crippen LogP) is 4.47. The largest absolute Gasteiger partial charge is 0.306 e. The minimum atomic E-state index is -3.75. The lowest BCUT2D eigenvalue weighted by atomic mass is 9.86. The molecule has 1 fully saturated rings. The first-order valence-corrected chi connectivity index (χ1v) is 13.4. The fourth-order valence-corrected chi connectivity index (χ4v) is 8.31. The molecule has 9 heteroatoms. The molecule has 158 valence electrons. The maximum absolute atomic E-state index is 13.2. The average molecular weight is 554 g/mol. The van der Waals surface area contributed by atoms with Crippen molar-refractivity contribution < 1.29 is 8.42 Å². The van der Waals surface area contributed by atoms with Gasteiger partial charge in [-0.3, -0.25) is 9.12 Å². The Morgan fingerprint density at radius 2 is 2.17 bits per heavy atom. The maximum Gasteiger partial charge on any atom is 0.280 e. The molecule has 0 saturated carbocycles. The summed E-state index contributed by atoms with van der Waals surface area (Å²) < 4.78 is 31.3. The van der Waals surface area contributed by atoms with E-state index in [4.69, 9.17) is 0 Å². The van der Waals surface area contributed by atoms with E-state index in [9.17, 15) is 8.42 Å². The second kappa shape index (κ2) is 7.61. The molecule has 1 aromatic carbocycles. The van der Waals surface area contributed by atoms with E-state index in [1.807, 2.05) is 40.1 Å². The highest BCUT2D eigenvalue weighted by molar-refractivity contribution is 14.1. The van der Waals surface area contributed by atoms with Crippen molar-refractivity contribution in [3.05, 3.63) is 50.2 Å². The molecular formula is C21H23IN4O2S2. The molecule has 6 nitrogen and oxygen atoms in total. The van der Waals surface area contributed by atoms with Gasteiger partial charge in [0.25, 0.3) is 10.0 Å². The molecule has 2 aromatic heterocycles. The number of nitrogens with zero attached hydrogens (tertiary/aromatic N) is 3. The quantitative estimate of drug-likeness (QED) is 0.484. The number of nitrogens with one attached hydrogen (secondary N) is 1. The number of hydrogen-bond donors (Lipinski definition) is 1. The Labute approximate surface area is 194 Å². The van der Waals surface area contributed by atoms with Crippen LogP contribution in [0.1, 0.15) is 30.9 Å². The standard InChI is InChI=1S/C21H23IN4O2S2/c1-13-10-14-5-6-16(11-17(14)18(13)15-4-3-7-25(2)12-15)24-30(27,28)20-19(22)23-21-26(20)8-9-29-21/h5-6,8-9,11,15,24H,3-4,7,10,12H2,1-2H3. The van der Waals surface area contributed by atoms with Gasteiger partial charge in [0.2, 0.25) is 0 Å². The van der Waals surface area contributed by atoms with Crippen molar-refractivity contribution in [2.24, 2.45) is 5.92 Å². The summed E-state index contributed by atoms with van der Waals surface area (Å²) in [5.74, 6) is 0.512. The van der Waals surface area contributed by atoms with Crippen molar-refractivity contribution in [3.8, 4) is 0 Å². The fourth-order valence-electron chi connectivity index (χ4n) is 4.81. The van der Waals surface area contributed by atoms with Gasteiger partial charge in [0.05, 0.1) is 0 Å². The Balaban J connectivity index is 1.49. The van der Waals surface area contributed by atoms with Crippen LogP contribution in [0, 0.1) is 9.62 Å². The van der Waals surface area contributed by atoms with Gasteiger partial charge in [-0.2, -0.15) is 8.42 Å². The zero-order valence-electron chi connectivity index (χ0n) is 16.9. The van der Waals surface area contributed by atoms with Gasteiger partial charge in [0, 0.05) is 23.8 Å². The zero-order valence-corrected chi connectivity index (χ0v) is 20.6. The van der Waals surface area contributed by atoms with Gasteiger partial charge in [0.1, 0.15) is 3.70 Å². The Morgan fingerprint density at radius 1 is 1.33 bits per heavy atom. The van der Waals surface area contributed by atoms with Crippen LogP contribution in [0.5, 0.6) is 0 Å². The van der Waals surface area contributed by atoms with E-state index < -0.39 is 10.0 Å². The third kappa shape index (κ3) is 3.49. The van der Waals surface area contributed by atoms with Crippen LogP contribution in [0.3, 0.4) is 0 Å². The van der Waals surface area contributed by atoms with Crippen molar-refractivity contribution >= 4 is 60.2 Å². The highest BCUT2D eigenvalue weighted by atomic mass is 127. The molecule has 1 atom stereocenters. The monoisotopic (exact) mass is 554 g/mol. The molecule has 0 spiro atoms. The third-order valence-electron chi connectivity index (χ3n) is 6.03. The van der Waals surface area contributed by atoms with Gasteiger partial charge in [0.15, 0.2) is 9.99 Å². The van der Waals surface area contributed by atoms with E-state index in [0.717, 1.165) is 19.5 Å². The first-order valence-electron chi connectivity index (χ1n) is 9.99. The van der Waals surface area contributed by atoms with Gasteiger partial charge < -0.3 is 4.90 Å². The second-order valence-corrected chi connectivity index (χ2v) is 11.7. The number of thiazole rings is 1. The summed E-state index contributed by atoms with van der Waals surface area (Å²) >= 11 is 3.41. The number of aromatic nitrogens is 2. The normalized spacial score (nSPS) is 20.2. The van der Waals surface area contributed by atoms with Crippen molar-refractivity contribution in [1.29, 1.82) is 0 Å². The minimum absolute atomic E-state index is 0.195. The van der Waals surface area contributed by atoms with Crippen molar-refractivity contribution in [2.75, 3.05) is 24.9 Å². The second-order valence-electron chi connectivity index (χ2n) is 8.21. The van der Waals surface area contributed by atoms with E-state index >= 15 is 0 Å². The smallest absolute Gasteiger partial charge is 0.280 e.